The van der Waals surface area contributed by atoms with Gasteiger partial charge in [-0.05, 0) is 43.4 Å². The number of benzene rings is 2. The highest BCUT2D eigenvalue weighted by molar-refractivity contribution is 7.87. The molecule has 2 amide bonds. The third-order valence-corrected chi connectivity index (χ3v) is 8.14. The van der Waals surface area contributed by atoms with Crippen LogP contribution >= 0.6 is 0 Å². The first-order chi connectivity index (χ1) is 16.3. The van der Waals surface area contributed by atoms with E-state index in [4.69, 9.17) is 9.47 Å². The lowest BCUT2D eigenvalue weighted by Crippen LogP contribution is -2.50. The quantitative estimate of drug-likeness (QED) is 0.592. The van der Waals surface area contributed by atoms with Crippen molar-refractivity contribution in [2.75, 3.05) is 26.8 Å². The van der Waals surface area contributed by atoms with E-state index in [-0.39, 0.29) is 30.5 Å². The number of hydrogen-bond acceptors (Lipinski definition) is 6. The molecule has 1 heterocycles. The molecule has 2 fully saturated rings. The van der Waals surface area contributed by atoms with Crippen molar-refractivity contribution < 1.29 is 27.5 Å². The Morgan fingerprint density at radius 1 is 1.12 bits per heavy atom. The number of carbonyl (C=O) groups is 2. The summed E-state index contributed by atoms with van der Waals surface area (Å²) < 4.78 is 38.7. The molecule has 2 aromatic carbocycles. The molecule has 0 atom stereocenters. The van der Waals surface area contributed by atoms with Crippen LogP contribution in [-0.2, 0) is 20.4 Å². The third-order valence-electron chi connectivity index (χ3n) is 6.60. The number of methoxy groups -OCH3 is 1. The highest BCUT2D eigenvalue weighted by Crippen LogP contribution is 2.39. The van der Waals surface area contributed by atoms with E-state index in [1.165, 1.54) is 7.11 Å². The maximum absolute atomic E-state index is 12.9. The van der Waals surface area contributed by atoms with E-state index in [9.17, 15) is 18.0 Å². The van der Waals surface area contributed by atoms with Gasteiger partial charge in [-0.1, -0.05) is 42.5 Å². The van der Waals surface area contributed by atoms with Crippen LogP contribution in [0.2, 0.25) is 0 Å². The number of para-hydroxylation sites is 1. The smallest absolute Gasteiger partial charge is 0.424 e. The largest absolute Gasteiger partial charge is 0.496 e. The Labute approximate surface area is 199 Å². The number of nitrogens with zero attached hydrogens (tertiary/aromatic N) is 1. The monoisotopic (exact) mass is 487 g/mol. The molecular weight excluding hydrogens is 458 g/mol. The molecule has 10 heteroatoms. The number of amides is 2. The van der Waals surface area contributed by atoms with Crippen LogP contribution < -0.4 is 14.8 Å². The van der Waals surface area contributed by atoms with Crippen LogP contribution in [0.3, 0.4) is 0 Å². The van der Waals surface area contributed by atoms with Crippen LogP contribution in [0.5, 0.6) is 5.75 Å². The molecule has 1 saturated heterocycles. The van der Waals surface area contributed by atoms with Gasteiger partial charge in [-0.2, -0.15) is 17.4 Å². The highest BCUT2D eigenvalue weighted by Gasteiger charge is 2.40. The SMILES string of the molecule is COc1ccccc1C(=O)NCC1(c2ccccc2)CCC(NS(=O)(=O)N2CCOC2=O)CC1. The first kappa shape index (κ1) is 24.0. The average Bonchev–Trinajstić information content (AvgIpc) is 3.31. The second-order valence-corrected chi connectivity index (χ2v) is 10.2. The van der Waals surface area contributed by atoms with Gasteiger partial charge in [-0.25, -0.2) is 4.79 Å². The first-order valence-electron chi connectivity index (χ1n) is 11.3. The van der Waals surface area contributed by atoms with Crippen LogP contribution in [0.25, 0.3) is 0 Å². The Morgan fingerprint density at radius 3 is 2.44 bits per heavy atom. The van der Waals surface area contributed by atoms with Gasteiger partial charge >= 0.3 is 16.3 Å². The van der Waals surface area contributed by atoms with E-state index in [0.717, 1.165) is 9.87 Å². The number of hydrogen-bond donors (Lipinski definition) is 2. The second-order valence-electron chi connectivity index (χ2n) is 8.61. The topological polar surface area (TPSA) is 114 Å². The molecule has 0 spiro atoms. The van der Waals surface area contributed by atoms with Crippen molar-refractivity contribution in [3.8, 4) is 5.75 Å². The lowest BCUT2D eigenvalue weighted by atomic mass is 9.68. The molecule has 1 saturated carbocycles. The fraction of sp³-hybridized carbons (Fsp3) is 0.417. The molecule has 1 aliphatic carbocycles. The van der Waals surface area contributed by atoms with Crippen molar-refractivity contribution in [3.63, 3.8) is 0 Å². The van der Waals surface area contributed by atoms with Gasteiger partial charge in [0.1, 0.15) is 12.4 Å². The van der Waals surface area contributed by atoms with Crippen LogP contribution in [0, 0.1) is 0 Å². The summed E-state index contributed by atoms with van der Waals surface area (Å²) in [4.78, 5) is 24.6. The molecule has 1 aliphatic heterocycles. The van der Waals surface area contributed by atoms with Crippen molar-refractivity contribution in [1.29, 1.82) is 0 Å². The van der Waals surface area contributed by atoms with Gasteiger partial charge in [0.15, 0.2) is 0 Å². The molecule has 182 valence electrons. The number of cyclic esters (lactones) is 1. The van der Waals surface area contributed by atoms with E-state index >= 15 is 0 Å². The van der Waals surface area contributed by atoms with Crippen molar-refractivity contribution in [3.05, 3.63) is 65.7 Å². The van der Waals surface area contributed by atoms with Crippen molar-refractivity contribution in [2.45, 2.75) is 37.1 Å². The van der Waals surface area contributed by atoms with E-state index in [1.807, 2.05) is 36.4 Å². The van der Waals surface area contributed by atoms with Crippen LogP contribution in [0.15, 0.2) is 54.6 Å². The Morgan fingerprint density at radius 2 is 1.79 bits per heavy atom. The first-order valence-corrected chi connectivity index (χ1v) is 12.7. The predicted molar refractivity (Wildman–Crippen MR) is 126 cm³/mol. The maximum Gasteiger partial charge on any atom is 0.424 e. The summed E-state index contributed by atoms with van der Waals surface area (Å²) in [5.41, 5.74) is 1.22. The number of rotatable bonds is 8. The Kier molecular flexibility index (Phi) is 7.08. The summed E-state index contributed by atoms with van der Waals surface area (Å²) in [6.45, 7) is 0.489. The Balaban J connectivity index is 1.46. The molecule has 0 unspecified atom stereocenters. The summed E-state index contributed by atoms with van der Waals surface area (Å²) in [7, 11) is -2.43. The van der Waals surface area contributed by atoms with Crippen LogP contribution in [0.4, 0.5) is 4.79 Å². The average molecular weight is 488 g/mol. The minimum absolute atomic E-state index is 0.0177. The Hall–Kier alpha value is -3.11. The third kappa shape index (κ3) is 5.02. The van der Waals surface area contributed by atoms with Crippen LogP contribution in [0.1, 0.15) is 41.6 Å². The Bertz CT molecular complexity index is 1130. The van der Waals surface area contributed by atoms with Crippen molar-refractivity contribution in [2.24, 2.45) is 0 Å². The molecule has 0 bridgehead atoms. The molecule has 2 N–H and O–H groups in total. The summed E-state index contributed by atoms with van der Waals surface area (Å²) in [5.74, 6) is 0.287. The number of carbonyl (C=O) groups excluding carboxylic acids is 2. The molecular formula is C24H29N3O6S. The number of ether oxygens (including phenoxy) is 2. The zero-order valence-electron chi connectivity index (χ0n) is 19.0. The summed E-state index contributed by atoms with van der Waals surface area (Å²) in [5, 5.41) is 3.07. The molecule has 2 aromatic rings. The lowest BCUT2D eigenvalue weighted by Gasteiger charge is -2.41. The standard InChI is InChI=1S/C24H29N3O6S/c1-32-21-10-6-5-9-20(21)22(28)25-17-24(18-7-3-2-4-8-18)13-11-19(12-14-24)26-34(30,31)27-15-16-33-23(27)29/h2-10,19,26H,11-17H2,1H3,(H,25,28). The fourth-order valence-electron chi connectivity index (χ4n) is 4.70. The van der Waals surface area contributed by atoms with Crippen molar-refractivity contribution >= 4 is 22.2 Å². The predicted octanol–water partition coefficient (Wildman–Crippen LogP) is 2.59. The van der Waals surface area contributed by atoms with E-state index in [0.29, 0.717) is 43.5 Å². The molecule has 0 aromatic heterocycles. The van der Waals surface area contributed by atoms with Gasteiger partial charge < -0.3 is 14.8 Å². The summed E-state index contributed by atoms with van der Waals surface area (Å²) >= 11 is 0. The fourth-order valence-corrected chi connectivity index (χ4v) is 6.04. The minimum Gasteiger partial charge on any atom is -0.496 e. The van der Waals surface area contributed by atoms with Gasteiger partial charge in [0.05, 0.1) is 19.2 Å². The molecule has 2 aliphatic rings. The van der Waals surface area contributed by atoms with Gasteiger partial charge in [0, 0.05) is 18.0 Å². The highest BCUT2D eigenvalue weighted by atomic mass is 32.2. The van der Waals surface area contributed by atoms with Gasteiger partial charge in [0.2, 0.25) is 0 Å². The molecule has 34 heavy (non-hydrogen) atoms. The van der Waals surface area contributed by atoms with E-state index in [2.05, 4.69) is 10.0 Å². The summed E-state index contributed by atoms with van der Waals surface area (Å²) in [6, 6.07) is 16.7. The molecule has 9 nitrogen and oxygen atoms in total. The molecule has 0 radical (unpaired) electrons. The zero-order chi connectivity index (χ0) is 24.2. The van der Waals surface area contributed by atoms with Gasteiger partial charge in [-0.15, -0.1) is 0 Å². The van der Waals surface area contributed by atoms with Crippen LogP contribution in [-0.4, -0.2) is 57.6 Å². The second kappa shape index (κ2) is 10.0. The lowest BCUT2D eigenvalue weighted by molar-refractivity contribution is 0.0932. The zero-order valence-corrected chi connectivity index (χ0v) is 19.8. The minimum atomic E-state index is -3.96. The van der Waals surface area contributed by atoms with Crippen molar-refractivity contribution in [1.82, 2.24) is 14.3 Å². The van der Waals surface area contributed by atoms with Gasteiger partial charge in [-0.3, -0.25) is 4.79 Å². The normalized spacial score (nSPS) is 22.8. The number of nitrogens with one attached hydrogen (secondary N) is 2. The molecule has 4 rings (SSSR count). The van der Waals surface area contributed by atoms with E-state index < -0.39 is 16.3 Å². The summed E-state index contributed by atoms with van der Waals surface area (Å²) in [6.07, 6.45) is 1.63. The van der Waals surface area contributed by atoms with Gasteiger partial charge in [0.25, 0.3) is 5.91 Å². The maximum atomic E-state index is 12.9. The van der Waals surface area contributed by atoms with E-state index in [1.54, 1.807) is 18.2 Å².